The van der Waals surface area contributed by atoms with Gasteiger partial charge in [-0.1, -0.05) is 6.07 Å². The van der Waals surface area contributed by atoms with E-state index in [-0.39, 0.29) is 16.5 Å². The minimum Gasteiger partial charge on any atom is -0.550 e. The number of aromatic nitrogens is 1. The summed E-state index contributed by atoms with van der Waals surface area (Å²) in [5, 5.41) is 17.8. The largest absolute Gasteiger partial charge is 2.00 e. The van der Waals surface area contributed by atoms with E-state index in [0.29, 0.717) is 0 Å². The van der Waals surface area contributed by atoms with E-state index in [0.717, 1.165) is 13.8 Å². The molecule has 1 heterocycles. The number of carboxylic acid groups (broad SMARTS) is 2. The molecule has 86 valence electrons. The molecule has 0 saturated carbocycles. The third kappa shape index (κ3) is 67.1. The van der Waals surface area contributed by atoms with Crippen molar-refractivity contribution in [1.29, 1.82) is 0 Å². The maximum Gasteiger partial charge on any atom is 2.00 e. The van der Waals surface area contributed by atoms with Crippen molar-refractivity contribution in [3.05, 3.63) is 30.6 Å². The molecule has 5 nitrogen and oxygen atoms in total. The van der Waals surface area contributed by atoms with Crippen LogP contribution < -0.4 is 10.2 Å². The number of carbonyl (C=O) groups excluding carboxylic acids is 2. The molecule has 0 aliphatic heterocycles. The fraction of sp³-hybridized carbons (Fsp3) is 0.222. The van der Waals surface area contributed by atoms with Gasteiger partial charge in [0.15, 0.2) is 0 Å². The molecule has 0 N–H and O–H groups in total. The predicted octanol–water partition coefficient (Wildman–Crippen LogP) is -1.41. The van der Waals surface area contributed by atoms with Crippen LogP contribution in [0.25, 0.3) is 0 Å². The normalized spacial score (nSPS) is 6.53. The number of nitrogens with zero attached hydrogens (tertiary/aromatic N) is 1. The molecule has 0 amide bonds. The standard InChI is InChI=1S/C5H5N.2C2H4O2.Ni/c1-2-4-6-5-3-1;2*1-2(3)4;/h1-5H;2*1H3,(H,3,4);/q;;;+2/p-2. The number of rotatable bonds is 0. The topological polar surface area (TPSA) is 93.1 Å². The van der Waals surface area contributed by atoms with Crippen LogP contribution in [0, 0.1) is 0 Å². The average Bonchev–Trinajstić information content (AvgIpc) is 2.05. The number of carbonyl (C=O) groups is 2. The van der Waals surface area contributed by atoms with Gasteiger partial charge in [0, 0.05) is 24.3 Å². The zero-order chi connectivity index (χ0) is 11.4. The van der Waals surface area contributed by atoms with Crippen LogP contribution in [-0.4, -0.2) is 16.9 Å². The van der Waals surface area contributed by atoms with Gasteiger partial charge in [-0.2, -0.15) is 0 Å². The molecule has 0 bridgehead atoms. The van der Waals surface area contributed by atoms with Crippen LogP contribution in [0.2, 0.25) is 0 Å². The Bertz CT molecular complexity index is 207. The van der Waals surface area contributed by atoms with Crippen LogP contribution in [0.1, 0.15) is 13.8 Å². The van der Waals surface area contributed by atoms with Crippen molar-refractivity contribution in [2.75, 3.05) is 0 Å². The van der Waals surface area contributed by atoms with Crippen LogP contribution in [0.4, 0.5) is 0 Å². The fourth-order valence-electron chi connectivity index (χ4n) is 0.313. The Morgan fingerprint density at radius 1 is 0.933 bits per heavy atom. The molecule has 0 radical (unpaired) electrons. The van der Waals surface area contributed by atoms with Crippen LogP contribution in [0.5, 0.6) is 0 Å². The van der Waals surface area contributed by atoms with Gasteiger partial charge in [0.25, 0.3) is 0 Å². The monoisotopic (exact) mass is 255 g/mol. The molecule has 0 atom stereocenters. The van der Waals surface area contributed by atoms with E-state index in [1.165, 1.54) is 0 Å². The summed E-state index contributed by atoms with van der Waals surface area (Å²) in [5.74, 6) is -2.17. The fourth-order valence-corrected chi connectivity index (χ4v) is 0.313. The molecule has 0 saturated heterocycles. The van der Waals surface area contributed by atoms with Crippen LogP contribution in [0.3, 0.4) is 0 Å². The molecular formula is C9H11NNiO4. The molecule has 1 rings (SSSR count). The molecule has 15 heavy (non-hydrogen) atoms. The zero-order valence-corrected chi connectivity index (χ0v) is 9.27. The van der Waals surface area contributed by atoms with Crippen molar-refractivity contribution in [3.8, 4) is 0 Å². The van der Waals surface area contributed by atoms with Crippen molar-refractivity contribution in [1.82, 2.24) is 4.98 Å². The number of carboxylic acids is 2. The molecule has 0 unspecified atom stereocenters. The van der Waals surface area contributed by atoms with E-state index in [1.807, 2.05) is 18.2 Å². The van der Waals surface area contributed by atoms with E-state index in [9.17, 15) is 0 Å². The van der Waals surface area contributed by atoms with Crippen LogP contribution in [0.15, 0.2) is 30.6 Å². The number of aliphatic carboxylic acids is 2. The Morgan fingerprint density at radius 2 is 1.20 bits per heavy atom. The van der Waals surface area contributed by atoms with E-state index in [2.05, 4.69) is 4.98 Å². The van der Waals surface area contributed by atoms with Gasteiger partial charge in [-0.25, -0.2) is 0 Å². The minimum absolute atomic E-state index is 0. The molecule has 0 spiro atoms. The van der Waals surface area contributed by atoms with Gasteiger partial charge in [0.2, 0.25) is 0 Å². The van der Waals surface area contributed by atoms with E-state index in [1.54, 1.807) is 12.4 Å². The smallest absolute Gasteiger partial charge is 0.550 e. The number of hydrogen-bond acceptors (Lipinski definition) is 5. The summed E-state index contributed by atoms with van der Waals surface area (Å²) >= 11 is 0. The second kappa shape index (κ2) is 15.1. The SMILES string of the molecule is CC(=O)[O-].CC(=O)[O-].[Ni+2].c1ccncc1. The van der Waals surface area contributed by atoms with Gasteiger partial charge in [-0.3, -0.25) is 4.98 Å². The summed E-state index contributed by atoms with van der Waals surface area (Å²) in [6.45, 7) is 1.94. The minimum atomic E-state index is -1.08. The average molecular weight is 256 g/mol. The first kappa shape index (κ1) is 19.2. The summed E-state index contributed by atoms with van der Waals surface area (Å²) in [6.07, 6.45) is 3.50. The predicted molar refractivity (Wildman–Crippen MR) is 45.6 cm³/mol. The van der Waals surface area contributed by atoms with Crippen molar-refractivity contribution in [3.63, 3.8) is 0 Å². The van der Waals surface area contributed by atoms with Crippen molar-refractivity contribution in [2.24, 2.45) is 0 Å². The number of pyridine rings is 1. The van der Waals surface area contributed by atoms with Crippen LogP contribution >= 0.6 is 0 Å². The van der Waals surface area contributed by atoms with Crippen molar-refractivity contribution >= 4 is 11.9 Å². The first-order valence-electron chi connectivity index (χ1n) is 3.67. The van der Waals surface area contributed by atoms with E-state index < -0.39 is 11.9 Å². The quantitative estimate of drug-likeness (QED) is 0.531. The first-order valence-corrected chi connectivity index (χ1v) is 3.67. The molecule has 0 aliphatic carbocycles. The van der Waals surface area contributed by atoms with Gasteiger partial charge in [0.1, 0.15) is 0 Å². The Hall–Kier alpha value is -1.42. The second-order valence-electron chi connectivity index (χ2n) is 2.01. The maximum atomic E-state index is 8.89. The van der Waals surface area contributed by atoms with Crippen LogP contribution in [-0.2, 0) is 26.1 Å². The Kier molecular flexibility index (Phi) is 19.3. The Labute approximate surface area is 98.1 Å². The molecular weight excluding hydrogens is 245 g/mol. The maximum absolute atomic E-state index is 8.89. The number of hydrogen-bond donors (Lipinski definition) is 0. The molecule has 0 aliphatic rings. The van der Waals surface area contributed by atoms with Gasteiger partial charge in [-0.15, -0.1) is 0 Å². The zero-order valence-electron chi connectivity index (χ0n) is 8.28. The second-order valence-corrected chi connectivity index (χ2v) is 2.01. The third-order valence-corrected chi connectivity index (χ3v) is 0.566. The Balaban J connectivity index is -0.000000145. The Morgan fingerprint density at radius 3 is 1.27 bits per heavy atom. The molecule has 1 aromatic rings. The summed E-state index contributed by atoms with van der Waals surface area (Å²) in [7, 11) is 0. The van der Waals surface area contributed by atoms with Gasteiger partial charge >= 0.3 is 16.5 Å². The molecule has 1 aromatic heterocycles. The summed E-state index contributed by atoms with van der Waals surface area (Å²) in [6, 6.07) is 5.72. The summed E-state index contributed by atoms with van der Waals surface area (Å²) < 4.78 is 0. The summed E-state index contributed by atoms with van der Waals surface area (Å²) in [4.78, 5) is 21.6. The molecule has 0 fully saturated rings. The van der Waals surface area contributed by atoms with Crippen molar-refractivity contribution < 1.29 is 36.3 Å². The van der Waals surface area contributed by atoms with Gasteiger partial charge in [-0.05, 0) is 26.0 Å². The molecule has 0 aromatic carbocycles. The summed E-state index contributed by atoms with van der Waals surface area (Å²) in [5.41, 5.74) is 0. The van der Waals surface area contributed by atoms with E-state index >= 15 is 0 Å². The van der Waals surface area contributed by atoms with Gasteiger partial charge < -0.3 is 19.8 Å². The van der Waals surface area contributed by atoms with Crippen molar-refractivity contribution in [2.45, 2.75) is 13.8 Å². The first-order chi connectivity index (χ1) is 6.46. The van der Waals surface area contributed by atoms with E-state index in [4.69, 9.17) is 19.8 Å². The van der Waals surface area contributed by atoms with Gasteiger partial charge in [0.05, 0.1) is 0 Å². The third-order valence-electron chi connectivity index (χ3n) is 0.566. The molecule has 6 heteroatoms.